The van der Waals surface area contributed by atoms with Crippen LogP contribution in [0.1, 0.15) is 27.7 Å². The Morgan fingerprint density at radius 3 is 2.10 bits per heavy atom. The van der Waals surface area contributed by atoms with Gasteiger partial charge in [-0.15, -0.1) is 0 Å². The van der Waals surface area contributed by atoms with Gasteiger partial charge in [0.25, 0.3) is 6.01 Å². The minimum atomic E-state index is -0.391. The van der Waals surface area contributed by atoms with Crippen molar-refractivity contribution in [2.75, 3.05) is 0 Å². The summed E-state index contributed by atoms with van der Waals surface area (Å²) in [6.45, 7) is 7.54. The molecule has 0 aromatic heterocycles. The van der Waals surface area contributed by atoms with E-state index in [2.05, 4.69) is 0 Å². The van der Waals surface area contributed by atoms with Crippen molar-refractivity contribution in [3.8, 4) is 0 Å². The molecule has 58 valence electrons. The molecule has 0 saturated heterocycles. The largest absolute Gasteiger partial charge is 0.464 e. The van der Waals surface area contributed by atoms with Crippen molar-refractivity contribution < 1.29 is 9.13 Å². The molecule has 1 atom stereocenters. The first-order valence-corrected chi connectivity index (χ1v) is 3.50. The van der Waals surface area contributed by atoms with Crippen LogP contribution in [0.15, 0.2) is 11.6 Å². The van der Waals surface area contributed by atoms with Crippen LogP contribution in [0.4, 0.5) is 4.39 Å². The lowest BCUT2D eigenvalue weighted by molar-refractivity contribution is 0.00396. The normalized spacial score (nSPS) is 30.7. The third kappa shape index (κ3) is 0.917. The van der Waals surface area contributed by atoms with Crippen LogP contribution in [0.2, 0.25) is 0 Å². The number of halogens is 1. The zero-order valence-corrected chi connectivity index (χ0v) is 6.86. The van der Waals surface area contributed by atoms with Gasteiger partial charge in [0.2, 0.25) is 0 Å². The molecule has 0 radical (unpaired) electrons. The molecule has 0 aliphatic carbocycles. The van der Waals surface area contributed by atoms with Crippen LogP contribution in [0, 0.1) is 5.92 Å². The molecule has 0 fully saturated rings. The summed E-state index contributed by atoms with van der Waals surface area (Å²) in [5.41, 5.74) is 0.374. The van der Waals surface area contributed by atoms with Gasteiger partial charge in [0.1, 0.15) is 5.60 Å². The predicted octanol–water partition coefficient (Wildman–Crippen LogP) is 2.63. The topological polar surface area (TPSA) is 9.23 Å². The lowest BCUT2D eigenvalue weighted by Gasteiger charge is -2.23. The Bertz CT molecular complexity index is 182. The van der Waals surface area contributed by atoms with Crippen LogP contribution >= 0.6 is 0 Å². The molecular formula is C8H13FO. The Hall–Kier alpha value is -0.530. The van der Waals surface area contributed by atoms with Crippen molar-refractivity contribution >= 4 is 0 Å². The second-order valence-electron chi connectivity index (χ2n) is 3.38. The predicted molar refractivity (Wildman–Crippen MR) is 38.1 cm³/mol. The van der Waals surface area contributed by atoms with Crippen molar-refractivity contribution in [1.29, 1.82) is 0 Å². The Morgan fingerprint density at radius 1 is 1.50 bits per heavy atom. The second-order valence-corrected chi connectivity index (χ2v) is 3.38. The Morgan fingerprint density at radius 2 is 2.00 bits per heavy atom. The van der Waals surface area contributed by atoms with E-state index in [4.69, 9.17) is 4.74 Å². The van der Waals surface area contributed by atoms with Crippen molar-refractivity contribution in [2.24, 2.45) is 5.92 Å². The van der Waals surface area contributed by atoms with Gasteiger partial charge in [0.05, 0.1) is 0 Å². The number of hydrogen-bond acceptors (Lipinski definition) is 1. The third-order valence-electron chi connectivity index (χ3n) is 2.36. The van der Waals surface area contributed by atoms with Crippen molar-refractivity contribution in [2.45, 2.75) is 33.3 Å². The highest BCUT2D eigenvalue weighted by atomic mass is 19.1. The molecule has 0 spiro atoms. The Kier molecular flexibility index (Phi) is 1.50. The highest BCUT2D eigenvalue weighted by Crippen LogP contribution is 2.38. The first kappa shape index (κ1) is 7.58. The highest BCUT2D eigenvalue weighted by Gasteiger charge is 2.38. The fraction of sp³-hybridized carbons (Fsp3) is 0.750. The fourth-order valence-corrected chi connectivity index (χ4v) is 1.09. The van der Waals surface area contributed by atoms with E-state index in [9.17, 15) is 4.39 Å². The molecule has 10 heavy (non-hydrogen) atoms. The molecule has 0 aromatic carbocycles. The molecule has 1 heterocycles. The lowest BCUT2D eigenvalue weighted by atomic mass is 9.89. The Labute approximate surface area is 60.9 Å². The number of ether oxygens (including phenoxy) is 1. The van der Waals surface area contributed by atoms with Gasteiger partial charge in [-0.2, -0.15) is 4.39 Å². The van der Waals surface area contributed by atoms with Crippen molar-refractivity contribution in [3.05, 3.63) is 11.6 Å². The quantitative estimate of drug-likeness (QED) is 0.507. The fourth-order valence-electron chi connectivity index (χ4n) is 1.09. The molecule has 1 nitrogen and oxygen atoms in total. The summed E-state index contributed by atoms with van der Waals surface area (Å²) in [5, 5.41) is 0. The average molecular weight is 144 g/mol. The molecule has 1 unspecified atom stereocenters. The zero-order chi connectivity index (χ0) is 7.94. The SMILES string of the molecule is CC1=C(F)OC(C)(C)C1C. The summed E-state index contributed by atoms with van der Waals surface area (Å²) in [6, 6.07) is -0.391. The van der Waals surface area contributed by atoms with E-state index in [1.54, 1.807) is 6.92 Å². The van der Waals surface area contributed by atoms with Gasteiger partial charge in [-0.25, -0.2) is 0 Å². The van der Waals surface area contributed by atoms with E-state index in [1.165, 1.54) is 0 Å². The van der Waals surface area contributed by atoms with E-state index in [0.717, 1.165) is 5.57 Å². The molecule has 0 bridgehead atoms. The first-order chi connectivity index (χ1) is 4.45. The van der Waals surface area contributed by atoms with Gasteiger partial charge < -0.3 is 4.74 Å². The van der Waals surface area contributed by atoms with Gasteiger partial charge in [0.15, 0.2) is 0 Å². The maximum absolute atomic E-state index is 12.7. The average Bonchev–Trinajstić information content (AvgIpc) is 1.95. The van der Waals surface area contributed by atoms with Crippen LogP contribution in [-0.4, -0.2) is 5.60 Å². The zero-order valence-electron chi connectivity index (χ0n) is 6.86. The van der Waals surface area contributed by atoms with Crippen LogP contribution in [0.5, 0.6) is 0 Å². The maximum atomic E-state index is 12.7. The van der Waals surface area contributed by atoms with Crippen LogP contribution < -0.4 is 0 Å². The number of hydrogen-bond donors (Lipinski definition) is 0. The molecule has 2 heteroatoms. The molecule has 1 aliphatic heterocycles. The van der Waals surface area contributed by atoms with E-state index in [0.29, 0.717) is 0 Å². The molecule has 1 rings (SSSR count). The maximum Gasteiger partial charge on any atom is 0.272 e. The number of rotatable bonds is 0. The molecular weight excluding hydrogens is 131 g/mol. The summed E-state index contributed by atoms with van der Waals surface area (Å²) in [5.74, 6) is 0.187. The summed E-state index contributed by atoms with van der Waals surface area (Å²) in [6.07, 6.45) is 0. The van der Waals surface area contributed by atoms with Crippen LogP contribution in [0.3, 0.4) is 0 Å². The van der Waals surface area contributed by atoms with E-state index in [1.807, 2.05) is 20.8 Å². The molecule has 1 aliphatic rings. The van der Waals surface area contributed by atoms with Crippen LogP contribution in [0.25, 0.3) is 0 Å². The third-order valence-corrected chi connectivity index (χ3v) is 2.36. The molecule has 0 saturated carbocycles. The summed E-state index contributed by atoms with van der Waals surface area (Å²) in [4.78, 5) is 0. The first-order valence-electron chi connectivity index (χ1n) is 3.50. The lowest BCUT2D eigenvalue weighted by Crippen LogP contribution is -2.26. The van der Waals surface area contributed by atoms with Gasteiger partial charge in [0, 0.05) is 11.5 Å². The smallest absolute Gasteiger partial charge is 0.272 e. The second kappa shape index (κ2) is 1.97. The molecule has 0 amide bonds. The van der Waals surface area contributed by atoms with E-state index < -0.39 is 6.01 Å². The standard InChI is InChI=1S/C8H13FO/c1-5-6(2)8(3,4)10-7(5)9/h6H,1-4H3. The van der Waals surface area contributed by atoms with Gasteiger partial charge >= 0.3 is 0 Å². The molecule has 0 aromatic rings. The highest BCUT2D eigenvalue weighted by molar-refractivity contribution is 5.14. The summed E-state index contributed by atoms with van der Waals surface area (Å²) >= 11 is 0. The van der Waals surface area contributed by atoms with E-state index in [-0.39, 0.29) is 11.5 Å². The Balaban J connectivity index is 2.87. The van der Waals surface area contributed by atoms with Crippen molar-refractivity contribution in [1.82, 2.24) is 0 Å². The van der Waals surface area contributed by atoms with Gasteiger partial charge in [-0.05, 0) is 20.8 Å². The minimum Gasteiger partial charge on any atom is -0.464 e. The summed E-state index contributed by atoms with van der Waals surface area (Å²) in [7, 11) is 0. The minimum absolute atomic E-state index is 0.187. The monoisotopic (exact) mass is 144 g/mol. The van der Waals surface area contributed by atoms with Crippen LogP contribution in [-0.2, 0) is 4.74 Å². The molecule has 0 N–H and O–H groups in total. The van der Waals surface area contributed by atoms with Crippen molar-refractivity contribution in [3.63, 3.8) is 0 Å². The van der Waals surface area contributed by atoms with Gasteiger partial charge in [-0.3, -0.25) is 0 Å². The summed E-state index contributed by atoms with van der Waals surface area (Å²) < 4.78 is 17.7. The van der Waals surface area contributed by atoms with Gasteiger partial charge in [-0.1, -0.05) is 6.92 Å². The van der Waals surface area contributed by atoms with E-state index >= 15 is 0 Å².